The molecule has 0 saturated heterocycles. The van der Waals surface area contributed by atoms with Crippen LogP contribution in [0.5, 0.6) is 0 Å². The molecule has 0 bridgehead atoms. The van der Waals surface area contributed by atoms with Gasteiger partial charge >= 0.3 is 0 Å². The molecule has 0 spiro atoms. The normalized spacial score (nSPS) is 12.5. The molecule has 0 radical (unpaired) electrons. The van der Waals surface area contributed by atoms with Gasteiger partial charge in [-0.2, -0.15) is 0 Å². The van der Waals surface area contributed by atoms with E-state index in [4.69, 9.17) is 0 Å². The summed E-state index contributed by atoms with van der Waals surface area (Å²) in [6.45, 7) is 6.47. The van der Waals surface area contributed by atoms with Crippen molar-refractivity contribution in [2.75, 3.05) is 20.1 Å². The Morgan fingerprint density at radius 2 is 1.33 bits per heavy atom. The first-order valence-electron chi connectivity index (χ1n) is 7.72. The topological polar surface area (TPSA) is 15.3 Å². The minimum absolute atomic E-state index is 0.641. The van der Waals surface area contributed by atoms with E-state index < -0.39 is 0 Å². The van der Waals surface area contributed by atoms with Gasteiger partial charge in [-0.15, -0.1) is 0 Å². The molecule has 0 aliphatic rings. The summed E-state index contributed by atoms with van der Waals surface area (Å²) in [5.74, 6) is 0.641. The third kappa shape index (κ3) is 5.70. The van der Waals surface area contributed by atoms with Gasteiger partial charge in [0, 0.05) is 19.6 Å². The minimum atomic E-state index is 0.641. The molecule has 21 heavy (non-hydrogen) atoms. The van der Waals surface area contributed by atoms with Gasteiger partial charge in [-0.25, -0.2) is 0 Å². The van der Waals surface area contributed by atoms with E-state index in [1.807, 2.05) is 7.05 Å². The average molecular weight is 282 g/mol. The molecule has 2 rings (SSSR count). The molecule has 2 aromatic rings. The second kappa shape index (κ2) is 8.60. The van der Waals surface area contributed by atoms with Crippen LogP contribution in [0.1, 0.15) is 18.1 Å². The lowest BCUT2D eigenvalue weighted by molar-refractivity contribution is 0.220. The van der Waals surface area contributed by atoms with Crippen molar-refractivity contribution in [2.24, 2.45) is 5.92 Å². The summed E-state index contributed by atoms with van der Waals surface area (Å²) in [4.78, 5) is 2.53. The lowest BCUT2D eigenvalue weighted by Gasteiger charge is -2.26. The number of nitrogens with zero attached hydrogens (tertiary/aromatic N) is 1. The van der Waals surface area contributed by atoms with Gasteiger partial charge in [-0.05, 0) is 30.6 Å². The summed E-state index contributed by atoms with van der Waals surface area (Å²) < 4.78 is 0. The number of rotatable bonds is 8. The number of nitrogens with one attached hydrogen (secondary N) is 1. The zero-order valence-electron chi connectivity index (χ0n) is 13.1. The van der Waals surface area contributed by atoms with Crippen molar-refractivity contribution >= 4 is 0 Å². The van der Waals surface area contributed by atoms with E-state index in [9.17, 15) is 0 Å². The Bertz CT molecular complexity index is 454. The highest BCUT2D eigenvalue weighted by Crippen LogP contribution is 2.12. The van der Waals surface area contributed by atoms with Crippen LogP contribution in [0.2, 0.25) is 0 Å². The molecular weight excluding hydrogens is 256 g/mol. The van der Waals surface area contributed by atoms with Crippen LogP contribution in [0.4, 0.5) is 0 Å². The van der Waals surface area contributed by atoms with Crippen molar-refractivity contribution in [3.05, 3.63) is 71.8 Å². The third-order valence-electron chi connectivity index (χ3n) is 3.62. The minimum Gasteiger partial charge on any atom is -0.319 e. The molecule has 0 saturated carbocycles. The van der Waals surface area contributed by atoms with Crippen molar-refractivity contribution in [3.8, 4) is 0 Å². The van der Waals surface area contributed by atoms with Gasteiger partial charge in [0.2, 0.25) is 0 Å². The summed E-state index contributed by atoms with van der Waals surface area (Å²) in [6.07, 6.45) is 0. The van der Waals surface area contributed by atoms with Crippen LogP contribution in [0.15, 0.2) is 60.7 Å². The van der Waals surface area contributed by atoms with Crippen LogP contribution in [0, 0.1) is 5.92 Å². The summed E-state index contributed by atoms with van der Waals surface area (Å²) in [5.41, 5.74) is 2.76. The highest BCUT2D eigenvalue weighted by Gasteiger charge is 2.11. The first kappa shape index (κ1) is 15.7. The van der Waals surface area contributed by atoms with E-state index in [0.717, 1.165) is 26.2 Å². The fourth-order valence-electron chi connectivity index (χ4n) is 2.72. The Hall–Kier alpha value is -1.64. The molecule has 0 heterocycles. The van der Waals surface area contributed by atoms with Crippen LogP contribution in [-0.2, 0) is 13.1 Å². The molecule has 1 atom stereocenters. The van der Waals surface area contributed by atoms with Crippen LogP contribution in [0.3, 0.4) is 0 Å². The van der Waals surface area contributed by atoms with Crippen molar-refractivity contribution in [3.63, 3.8) is 0 Å². The quantitative estimate of drug-likeness (QED) is 0.796. The van der Waals surface area contributed by atoms with Crippen molar-refractivity contribution in [2.45, 2.75) is 20.0 Å². The smallest absolute Gasteiger partial charge is 0.0237 e. The zero-order valence-corrected chi connectivity index (χ0v) is 13.1. The Morgan fingerprint density at radius 1 is 0.857 bits per heavy atom. The molecule has 2 heteroatoms. The highest BCUT2D eigenvalue weighted by atomic mass is 15.1. The van der Waals surface area contributed by atoms with Crippen LogP contribution >= 0.6 is 0 Å². The van der Waals surface area contributed by atoms with E-state index in [-0.39, 0.29) is 0 Å². The Labute approximate surface area is 128 Å². The molecule has 0 aromatic heterocycles. The first-order valence-corrected chi connectivity index (χ1v) is 7.72. The molecule has 0 aliphatic carbocycles. The predicted octanol–water partition coefficient (Wildman–Crippen LogP) is 3.54. The molecule has 0 fully saturated rings. The summed E-state index contributed by atoms with van der Waals surface area (Å²) in [5, 5.41) is 3.27. The fraction of sp³-hybridized carbons (Fsp3) is 0.368. The molecule has 0 amide bonds. The van der Waals surface area contributed by atoms with Crippen LogP contribution in [-0.4, -0.2) is 25.0 Å². The number of hydrogen-bond acceptors (Lipinski definition) is 2. The van der Waals surface area contributed by atoms with Crippen molar-refractivity contribution in [1.82, 2.24) is 10.2 Å². The largest absolute Gasteiger partial charge is 0.319 e. The summed E-state index contributed by atoms with van der Waals surface area (Å²) in [7, 11) is 2.02. The van der Waals surface area contributed by atoms with Crippen LogP contribution < -0.4 is 5.32 Å². The van der Waals surface area contributed by atoms with E-state index >= 15 is 0 Å². The standard InChI is InChI=1S/C19H26N2/c1-17(13-20-2)14-21(15-18-9-5-3-6-10-18)16-19-11-7-4-8-12-19/h3-12,17,20H,13-16H2,1-2H3. The summed E-state index contributed by atoms with van der Waals surface area (Å²) in [6, 6.07) is 21.5. The van der Waals surface area contributed by atoms with Gasteiger partial charge in [0.15, 0.2) is 0 Å². The van der Waals surface area contributed by atoms with Gasteiger partial charge in [0.1, 0.15) is 0 Å². The van der Waals surface area contributed by atoms with Gasteiger partial charge in [0.05, 0.1) is 0 Å². The summed E-state index contributed by atoms with van der Waals surface area (Å²) >= 11 is 0. The Kier molecular flexibility index (Phi) is 6.45. The van der Waals surface area contributed by atoms with Gasteiger partial charge in [-0.1, -0.05) is 67.6 Å². The van der Waals surface area contributed by atoms with Crippen LogP contribution in [0.25, 0.3) is 0 Å². The van der Waals surface area contributed by atoms with Gasteiger partial charge in [-0.3, -0.25) is 4.90 Å². The zero-order chi connectivity index (χ0) is 14.9. The van der Waals surface area contributed by atoms with Gasteiger partial charge < -0.3 is 5.32 Å². The molecule has 2 nitrogen and oxygen atoms in total. The second-order valence-corrected chi connectivity index (χ2v) is 5.80. The average Bonchev–Trinajstić information content (AvgIpc) is 2.49. The maximum Gasteiger partial charge on any atom is 0.0237 e. The SMILES string of the molecule is CNCC(C)CN(Cc1ccccc1)Cc1ccccc1. The van der Waals surface area contributed by atoms with E-state index in [2.05, 4.69) is 77.8 Å². The first-order chi connectivity index (χ1) is 10.3. The Balaban J connectivity index is 2.02. The van der Waals surface area contributed by atoms with Crippen molar-refractivity contribution in [1.29, 1.82) is 0 Å². The number of hydrogen-bond donors (Lipinski definition) is 1. The lowest BCUT2D eigenvalue weighted by Crippen LogP contribution is -2.31. The molecule has 1 unspecified atom stereocenters. The molecular formula is C19H26N2. The molecule has 112 valence electrons. The molecule has 0 aliphatic heterocycles. The predicted molar refractivity (Wildman–Crippen MR) is 90.1 cm³/mol. The molecule has 2 aromatic carbocycles. The third-order valence-corrected chi connectivity index (χ3v) is 3.62. The monoisotopic (exact) mass is 282 g/mol. The highest BCUT2D eigenvalue weighted by molar-refractivity contribution is 5.17. The van der Waals surface area contributed by atoms with E-state index in [1.54, 1.807) is 0 Å². The van der Waals surface area contributed by atoms with Crippen molar-refractivity contribution < 1.29 is 0 Å². The maximum atomic E-state index is 3.27. The second-order valence-electron chi connectivity index (χ2n) is 5.80. The van der Waals surface area contributed by atoms with E-state index in [0.29, 0.717) is 5.92 Å². The fourth-order valence-corrected chi connectivity index (χ4v) is 2.72. The molecule has 1 N–H and O–H groups in total. The Morgan fingerprint density at radius 3 is 1.76 bits per heavy atom. The van der Waals surface area contributed by atoms with E-state index in [1.165, 1.54) is 11.1 Å². The van der Waals surface area contributed by atoms with Gasteiger partial charge in [0.25, 0.3) is 0 Å². The number of benzene rings is 2. The maximum absolute atomic E-state index is 3.27. The lowest BCUT2D eigenvalue weighted by atomic mass is 10.1.